The van der Waals surface area contributed by atoms with Gasteiger partial charge in [0.05, 0.1) is 6.54 Å². The zero-order valence-corrected chi connectivity index (χ0v) is 14.7. The molecule has 0 atom stereocenters. The summed E-state index contributed by atoms with van der Waals surface area (Å²) in [6.45, 7) is 0.523. The van der Waals surface area contributed by atoms with Gasteiger partial charge in [0.15, 0.2) is 5.96 Å². The summed E-state index contributed by atoms with van der Waals surface area (Å²) >= 11 is 9.49. The summed E-state index contributed by atoms with van der Waals surface area (Å²) in [7, 11) is 1.99. The highest BCUT2D eigenvalue weighted by Gasteiger charge is 2.27. The maximum absolute atomic E-state index is 6.11. The van der Waals surface area contributed by atoms with Crippen molar-refractivity contribution in [3.8, 4) is 0 Å². The Balaban J connectivity index is 0.00000162. The monoisotopic (exact) mass is 443 g/mol. The van der Waals surface area contributed by atoms with Crippen molar-refractivity contribution < 1.29 is 0 Å². The smallest absolute Gasteiger partial charge is 0.191 e. The van der Waals surface area contributed by atoms with Gasteiger partial charge in [-0.2, -0.15) is 0 Å². The Hall–Kier alpha value is -0.0100. The second-order valence-electron chi connectivity index (χ2n) is 4.25. The molecule has 100 valence electrons. The number of rotatable bonds is 3. The van der Waals surface area contributed by atoms with Gasteiger partial charge in [-0.3, -0.25) is 0 Å². The number of nitrogens with two attached hydrogens (primary N) is 1. The van der Waals surface area contributed by atoms with Crippen molar-refractivity contribution in [1.82, 2.24) is 4.90 Å². The Morgan fingerprint density at radius 3 is 2.78 bits per heavy atom. The minimum absolute atomic E-state index is 0. The average molecular weight is 445 g/mol. The molecular formula is C12H16BrClIN3. The number of nitrogens with zero attached hydrogens (tertiary/aromatic N) is 2. The van der Waals surface area contributed by atoms with Crippen LogP contribution in [0.3, 0.4) is 0 Å². The van der Waals surface area contributed by atoms with Gasteiger partial charge in [0.2, 0.25) is 0 Å². The number of guanidine groups is 1. The molecule has 1 saturated carbocycles. The Labute approximate surface area is 138 Å². The lowest BCUT2D eigenvalue weighted by Crippen LogP contribution is -2.35. The number of aliphatic imine (C=N–C) groups is 1. The van der Waals surface area contributed by atoms with Gasteiger partial charge in [-0.05, 0) is 30.5 Å². The van der Waals surface area contributed by atoms with Crippen molar-refractivity contribution in [2.24, 2.45) is 10.7 Å². The SMILES string of the molecule is CN(C(N)=NCc1ccc(Br)cc1Cl)C1CC1.I. The Morgan fingerprint density at radius 2 is 2.22 bits per heavy atom. The maximum atomic E-state index is 6.11. The van der Waals surface area contributed by atoms with Crippen LogP contribution in [-0.2, 0) is 6.54 Å². The molecule has 0 unspecified atom stereocenters. The fourth-order valence-electron chi connectivity index (χ4n) is 1.58. The number of hydrogen-bond acceptors (Lipinski definition) is 1. The summed E-state index contributed by atoms with van der Waals surface area (Å²) in [6, 6.07) is 6.37. The molecule has 0 bridgehead atoms. The Morgan fingerprint density at radius 1 is 1.56 bits per heavy atom. The molecule has 0 aliphatic heterocycles. The van der Waals surface area contributed by atoms with Gasteiger partial charge >= 0.3 is 0 Å². The van der Waals surface area contributed by atoms with Crippen molar-refractivity contribution in [2.75, 3.05) is 7.05 Å². The van der Waals surface area contributed by atoms with Crippen molar-refractivity contribution in [3.63, 3.8) is 0 Å². The van der Waals surface area contributed by atoms with E-state index >= 15 is 0 Å². The van der Waals surface area contributed by atoms with Gasteiger partial charge in [0.25, 0.3) is 0 Å². The van der Waals surface area contributed by atoms with Crippen LogP contribution in [-0.4, -0.2) is 23.9 Å². The molecule has 1 fully saturated rings. The second-order valence-corrected chi connectivity index (χ2v) is 5.58. The number of hydrogen-bond donors (Lipinski definition) is 1. The van der Waals surface area contributed by atoms with E-state index < -0.39 is 0 Å². The Bertz CT molecular complexity index is 449. The first-order chi connectivity index (χ1) is 8.08. The van der Waals surface area contributed by atoms with Crippen LogP contribution in [0.4, 0.5) is 0 Å². The van der Waals surface area contributed by atoms with Crippen LogP contribution in [0, 0.1) is 0 Å². The molecule has 0 saturated heterocycles. The van der Waals surface area contributed by atoms with Gasteiger partial charge in [-0.15, -0.1) is 24.0 Å². The molecule has 2 N–H and O–H groups in total. The highest BCUT2D eigenvalue weighted by Crippen LogP contribution is 2.25. The number of halogens is 3. The van der Waals surface area contributed by atoms with Gasteiger partial charge < -0.3 is 10.6 Å². The summed E-state index contributed by atoms with van der Waals surface area (Å²) < 4.78 is 0.971. The maximum Gasteiger partial charge on any atom is 0.191 e. The molecule has 1 aliphatic carbocycles. The van der Waals surface area contributed by atoms with E-state index in [0.29, 0.717) is 23.6 Å². The molecule has 2 rings (SSSR count). The molecule has 1 aromatic carbocycles. The normalized spacial score (nSPS) is 15.2. The molecule has 0 aromatic heterocycles. The van der Waals surface area contributed by atoms with E-state index in [4.69, 9.17) is 17.3 Å². The summed E-state index contributed by atoms with van der Waals surface area (Å²) in [6.07, 6.45) is 2.43. The quantitative estimate of drug-likeness (QED) is 0.440. The van der Waals surface area contributed by atoms with Gasteiger partial charge in [0.1, 0.15) is 0 Å². The van der Waals surface area contributed by atoms with Crippen LogP contribution in [0.1, 0.15) is 18.4 Å². The summed E-state index contributed by atoms with van der Waals surface area (Å²) in [5.74, 6) is 0.589. The fourth-order valence-corrected chi connectivity index (χ4v) is 2.31. The van der Waals surface area contributed by atoms with Crippen LogP contribution in [0.2, 0.25) is 5.02 Å². The Kier molecular flexibility index (Phi) is 6.20. The average Bonchev–Trinajstić information content (AvgIpc) is 3.10. The first-order valence-corrected chi connectivity index (χ1v) is 6.71. The van der Waals surface area contributed by atoms with Gasteiger partial charge in [-0.1, -0.05) is 33.6 Å². The molecule has 18 heavy (non-hydrogen) atoms. The van der Waals surface area contributed by atoms with E-state index in [1.54, 1.807) is 0 Å². The third-order valence-electron chi connectivity index (χ3n) is 2.88. The predicted molar refractivity (Wildman–Crippen MR) is 90.7 cm³/mol. The standard InChI is InChI=1S/C12H15BrClN3.HI/c1-17(10-4-5-10)12(15)16-7-8-2-3-9(13)6-11(8)14;/h2-3,6,10H,4-5,7H2,1H3,(H2,15,16);1H. The van der Waals surface area contributed by atoms with Crippen LogP contribution in [0.15, 0.2) is 27.7 Å². The van der Waals surface area contributed by atoms with Crippen LogP contribution >= 0.6 is 51.5 Å². The topological polar surface area (TPSA) is 41.6 Å². The third-order valence-corrected chi connectivity index (χ3v) is 3.73. The second kappa shape index (κ2) is 6.96. The van der Waals surface area contributed by atoms with Gasteiger partial charge in [0, 0.05) is 22.6 Å². The largest absolute Gasteiger partial charge is 0.370 e. The fraction of sp³-hybridized carbons (Fsp3) is 0.417. The predicted octanol–water partition coefficient (Wildman–Crippen LogP) is 3.63. The molecule has 3 nitrogen and oxygen atoms in total. The minimum Gasteiger partial charge on any atom is -0.370 e. The van der Waals surface area contributed by atoms with Crippen LogP contribution < -0.4 is 5.73 Å². The lowest BCUT2D eigenvalue weighted by molar-refractivity contribution is 0.487. The van der Waals surface area contributed by atoms with E-state index in [0.717, 1.165) is 10.0 Å². The van der Waals surface area contributed by atoms with E-state index in [9.17, 15) is 0 Å². The van der Waals surface area contributed by atoms with Crippen LogP contribution in [0.25, 0.3) is 0 Å². The molecule has 6 heteroatoms. The molecule has 0 spiro atoms. The summed E-state index contributed by atoms with van der Waals surface area (Å²) in [5, 5.41) is 0.713. The molecular weight excluding hydrogens is 428 g/mol. The van der Waals surface area contributed by atoms with Crippen molar-refractivity contribution in [1.29, 1.82) is 0 Å². The molecule has 0 radical (unpaired) electrons. The zero-order chi connectivity index (χ0) is 12.4. The van der Waals surface area contributed by atoms with E-state index in [-0.39, 0.29) is 24.0 Å². The van der Waals surface area contributed by atoms with Crippen molar-refractivity contribution in [2.45, 2.75) is 25.4 Å². The zero-order valence-electron chi connectivity index (χ0n) is 10.1. The van der Waals surface area contributed by atoms with Gasteiger partial charge in [-0.25, -0.2) is 4.99 Å². The van der Waals surface area contributed by atoms with E-state index in [1.165, 1.54) is 12.8 Å². The third kappa shape index (κ3) is 4.28. The van der Waals surface area contributed by atoms with Crippen LogP contribution in [0.5, 0.6) is 0 Å². The number of benzene rings is 1. The molecule has 1 aliphatic rings. The van der Waals surface area contributed by atoms with Crippen molar-refractivity contribution in [3.05, 3.63) is 33.3 Å². The van der Waals surface area contributed by atoms with E-state index in [1.807, 2.05) is 30.1 Å². The summed E-state index contributed by atoms with van der Waals surface area (Å²) in [5.41, 5.74) is 6.90. The molecule has 0 amide bonds. The van der Waals surface area contributed by atoms with Crippen molar-refractivity contribution >= 4 is 57.5 Å². The molecule has 0 heterocycles. The first-order valence-electron chi connectivity index (χ1n) is 5.54. The highest BCUT2D eigenvalue weighted by molar-refractivity contribution is 14.0. The van der Waals surface area contributed by atoms with E-state index in [2.05, 4.69) is 20.9 Å². The highest BCUT2D eigenvalue weighted by atomic mass is 127. The lowest BCUT2D eigenvalue weighted by atomic mass is 10.2. The first kappa shape index (κ1) is 16.0. The lowest BCUT2D eigenvalue weighted by Gasteiger charge is -2.16. The summed E-state index contributed by atoms with van der Waals surface area (Å²) in [4.78, 5) is 6.40. The minimum atomic E-state index is 0. The molecule has 1 aromatic rings.